The highest BCUT2D eigenvalue weighted by Gasteiger charge is 2.42. The first-order valence-electron chi connectivity index (χ1n) is 9.10. The van der Waals surface area contributed by atoms with Gasteiger partial charge in [-0.05, 0) is 30.0 Å². The van der Waals surface area contributed by atoms with Gasteiger partial charge in [0.05, 0.1) is 12.9 Å². The largest absolute Gasteiger partial charge is 0.361 e. The number of benzene rings is 1. The van der Waals surface area contributed by atoms with Crippen molar-refractivity contribution < 1.29 is 17.4 Å². The molecule has 0 radical (unpaired) electrons. The lowest BCUT2D eigenvalue weighted by Gasteiger charge is -2.47. The molecule has 1 aliphatic heterocycles. The summed E-state index contributed by atoms with van der Waals surface area (Å²) in [4.78, 5) is 17.9. The molecule has 26 heavy (non-hydrogen) atoms. The number of H-pyrrole nitrogens is 1. The Kier molecular flexibility index (Phi) is 4.31. The van der Waals surface area contributed by atoms with Crippen molar-refractivity contribution in [1.29, 1.82) is 0 Å². The third-order valence-electron chi connectivity index (χ3n) is 5.70. The van der Waals surface area contributed by atoms with Crippen LogP contribution in [0.25, 0.3) is 10.9 Å². The molecule has 0 spiro atoms. The van der Waals surface area contributed by atoms with Crippen molar-refractivity contribution >= 4 is 26.9 Å². The van der Waals surface area contributed by atoms with Gasteiger partial charge in [0.15, 0.2) is 0 Å². The quantitative estimate of drug-likeness (QED) is 0.831. The zero-order valence-electron chi connectivity index (χ0n) is 15.1. The van der Waals surface area contributed by atoms with Crippen molar-refractivity contribution in [3.8, 4) is 0 Å². The van der Waals surface area contributed by atoms with Crippen LogP contribution in [0.2, 0.25) is 0 Å². The Labute approximate surface area is 153 Å². The number of carbonyl (C=O) groups excluding carboxylic acids is 1. The first-order chi connectivity index (χ1) is 12.4. The molecule has 140 valence electrons. The van der Waals surface area contributed by atoms with Gasteiger partial charge in [-0.3, -0.25) is 8.98 Å². The summed E-state index contributed by atoms with van der Waals surface area (Å²) in [6.45, 7) is 2.56. The van der Waals surface area contributed by atoms with E-state index in [1.807, 2.05) is 17.9 Å². The van der Waals surface area contributed by atoms with Gasteiger partial charge in [0.1, 0.15) is 0 Å². The Morgan fingerprint density at radius 2 is 2.19 bits per heavy atom. The predicted molar refractivity (Wildman–Crippen MR) is 99.4 cm³/mol. The third-order valence-corrected chi connectivity index (χ3v) is 6.26. The number of hydrogen-bond donors (Lipinski definition) is 1. The number of aromatic amines is 1. The monoisotopic (exact) mass is 376 g/mol. The van der Waals surface area contributed by atoms with E-state index in [9.17, 15) is 13.2 Å². The van der Waals surface area contributed by atoms with Gasteiger partial charge in [0.2, 0.25) is 5.91 Å². The Bertz CT molecular complexity index is 950. The minimum Gasteiger partial charge on any atom is -0.361 e. The molecule has 1 amide bonds. The van der Waals surface area contributed by atoms with Crippen LogP contribution in [0.3, 0.4) is 0 Å². The zero-order chi connectivity index (χ0) is 18.5. The highest BCUT2D eigenvalue weighted by molar-refractivity contribution is 7.85. The summed E-state index contributed by atoms with van der Waals surface area (Å²) in [5, 5.41) is 1.27. The van der Waals surface area contributed by atoms with Crippen LogP contribution in [-0.2, 0) is 25.5 Å². The molecule has 1 N–H and O–H groups in total. The van der Waals surface area contributed by atoms with Gasteiger partial charge in [-0.2, -0.15) is 8.42 Å². The maximum absolute atomic E-state index is 12.6. The number of piperidine rings is 1. The fourth-order valence-corrected chi connectivity index (χ4v) is 5.06. The maximum atomic E-state index is 12.6. The third kappa shape index (κ3) is 3.03. The summed E-state index contributed by atoms with van der Waals surface area (Å²) in [6, 6.07) is 6.39. The maximum Gasteiger partial charge on any atom is 0.264 e. The highest BCUT2D eigenvalue weighted by Crippen LogP contribution is 2.45. The van der Waals surface area contributed by atoms with Crippen LogP contribution >= 0.6 is 0 Å². The second-order valence-corrected chi connectivity index (χ2v) is 9.10. The number of hydrogen-bond acceptors (Lipinski definition) is 4. The number of carbonyl (C=O) groups is 1. The van der Waals surface area contributed by atoms with Gasteiger partial charge >= 0.3 is 0 Å². The minimum atomic E-state index is -3.48. The van der Waals surface area contributed by atoms with Gasteiger partial charge in [-0.25, -0.2) is 0 Å². The van der Waals surface area contributed by atoms with Crippen LogP contribution in [0.5, 0.6) is 0 Å². The number of fused-ring (bicyclic) bond motifs is 2. The molecule has 2 aliphatic rings. The van der Waals surface area contributed by atoms with Crippen molar-refractivity contribution in [3.05, 3.63) is 35.5 Å². The molecule has 1 aliphatic carbocycles. The Hall–Kier alpha value is -1.86. The Morgan fingerprint density at radius 1 is 1.38 bits per heavy atom. The molecule has 7 heteroatoms. The van der Waals surface area contributed by atoms with Crippen molar-refractivity contribution in [3.63, 3.8) is 0 Å². The molecule has 1 saturated heterocycles. The number of nitrogens with one attached hydrogen (secondary N) is 1. The SMILES string of the molecule is CCC(=O)N1CC(COS(C)(=O)=O)C[C@@H]2c3cccc4[nH]cc(c34)C[C@H]21. The van der Waals surface area contributed by atoms with E-state index in [0.717, 1.165) is 24.6 Å². The van der Waals surface area contributed by atoms with E-state index in [-0.39, 0.29) is 30.4 Å². The first-order valence-corrected chi connectivity index (χ1v) is 10.9. The summed E-state index contributed by atoms with van der Waals surface area (Å²) >= 11 is 0. The van der Waals surface area contributed by atoms with Crippen LogP contribution < -0.4 is 0 Å². The molecule has 1 aromatic carbocycles. The van der Waals surface area contributed by atoms with E-state index in [4.69, 9.17) is 4.18 Å². The molecule has 0 saturated carbocycles. The standard InChI is InChI=1S/C19H24N2O4S/c1-3-18(22)21-10-12(11-25-26(2,23)24)7-15-14-5-4-6-16-19(14)13(9-20-16)8-17(15)21/h4-6,9,12,15,17,20H,3,7-8,10-11H2,1-2H3/t12?,15-,17-/m1/s1. The van der Waals surface area contributed by atoms with Gasteiger partial charge in [0, 0.05) is 47.9 Å². The molecule has 2 heterocycles. The van der Waals surface area contributed by atoms with Gasteiger partial charge in [-0.15, -0.1) is 0 Å². The molecule has 1 aromatic heterocycles. The number of likely N-dealkylation sites (tertiary alicyclic amines) is 1. The van der Waals surface area contributed by atoms with E-state index in [1.54, 1.807) is 0 Å². The normalized spacial score (nSPS) is 25.3. The van der Waals surface area contributed by atoms with Crippen LogP contribution in [0.15, 0.2) is 24.4 Å². The van der Waals surface area contributed by atoms with E-state index in [2.05, 4.69) is 23.3 Å². The lowest BCUT2D eigenvalue weighted by Crippen LogP contribution is -2.53. The highest BCUT2D eigenvalue weighted by atomic mass is 32.2. The fraction of sp³-hybridized carbons (Fsp3) is 0.526. The number of aromatic nitrogens is 1. The average Bonchev–Trinajstić information content (AvgIpc) is 3.03. The fourth-order valence-electron chi connectivity index (χ4n) is 4.62. The first kappa shape index (κ1) is 17.5. The summed E-state index contributed by atoms with van der Waals surface area (Å²) in [5.74, 6) is 0.340. The summed E-state index contributed by atoms with van der Waals surface area (Å²) in [7, 11) is -3.48. The summed E-state index contributed by atoms with van der Waals surface area (Å²) in [5.41, 5.74) is 3.64. The van der Waals surface area contributed by atoms with Crippen LogP contribution in [0, 0.1) is 5.92 Å². The van der Waals surface area contributed by atoms with Gasteiger partial charge in [-0.1, -0.05) is 19.1 Å². The van der Waals surface area contributed by atoms with Gasteiger partial charge in [0.25, 0.3) is 10.1 Å². The lowest BCUT2D eigenvalue weighted by molar-refractivity contribution is -0.136. The van der Waals surface area contributed by atoms with Crippen molar-refractivity contribution in [2.24, 2.45) is 5.92 Å². The van der Waals surface area contributed by atoms with Gasteiger partial charge < -0.3 is 9.88 Å². The van der Waals surface area contributed by atoms with Crippen molar-refractivity contribution in [2.75, 3.05) is 19.4 Å². The Balaban J connectivity index is 1.71. The summed E-state index contributed by atoms with van der Waals surface area (Å²) < 4.78 is 27.9. The Morgan fingerprint density at radius 3 is 2.92 bits per heavy atom. The topological polar surface area (TPSA) is 79.5 Å². The van der Waals surface area contributed by atoms with E-state index in [1.165, 1.54) is 16.5 Å². The molecule has 3 atom stereocenters. The number of nitrogens with zero attached hydrogens (tertiary/aromatic N) is 1. The number of rotatable bonds is 4. The second kappa shape index (κ2) is 6.39. The average molecular weight is 376 g/mol. The van der Waals surface area contributed by atoms with Crippen LogP contribution in [-0.4, -0.2) is 49.7 Å². The van der Waals surface area contributed by atoms with E-state index < -0.39 is 10.1 Å². The van der Waals surface area contributed by atoms with Crippen LogP contribution in [0.4, 0.5) is 0 Å². The molecule has 2 aromatic rings. The van der Waals surface area contributed by atoms with E-state index >= 15 is 0 Å². The zero-order valence-corrected chi connectivity index (χ0v) is 15.9. The predicted octanol–water partition coefficient (Wildman–Crippen LogP) is 2.41. The van der Waals surface area contributed by atoms with E-state index in [0.29, 0.717) is 13.0 Å². The molecule has 1 fully saturated rings. The molecule has 4 rings (SSSR count). The molecule has 6 nitrogen and oxygen atoms in total. The molecule has 0 bridgehead atoms. The second-order valence-electron chi connectivity index (χ2n) is 7.45. The number of amides is 1. The molecule has 1 unspecified atom stereocenters. The molecular weight excluding hydrogens is 352 g/mol. The summed E-state index contributed by atoms with van der Waals surface area (Å²) in [6.07, 6.45) is 5.25. The lowest BCUT2D eigenvalue weighted by atomic mass is 9.72. The van der Waals surface area contributed by atoms with Crippen molar-refractivity contribution in [1.82, 2.24) is 9.88 Å². The van der Waals surface area contributed by atoms with Crippen LogP contribution in [0.1, 0.15) is 36.8 Å². The van der Waals surface area contributed by atoms with Crippen molar-refractivity contribution in [2.45, 2.75) is 38.1 Å². The molecular formula is C19H24N2O4S. The smallest absolute Gasteiger partial charge is 0.264 e. The minimum absolute atomic E-state index is 0.0113.